The predicted octanol–water partition coefficient (Wildman–Crippen LogP) is 1.51. The van der Waals surface area contributed by atoms with E-state index in [1.54, 1.807) is 0 Å². The number of amides is 1. The van der Waals surface area contributed by atoms with Gasteiger partial charge in [0.05, 0.1) is 24.7 Å². The molecule has 3 atom stereocenters. The third-order valence-electron chi connectivity index (χ3n) is 3.89. The molecule has 2 fully saturated rings. The van der Waals surface area contributed by atoms with E-state index in [1.807, 2.05) is 30.1 Å². The van der Waals surface area contributed by atoms with Crippen molar-refractivity contribution in [2.75, 3.05) is 13.2 Å². The highest BCUT2D eigenvalue weighted by molar-refractivity contribution is 5.84. The molecule has 1 aliphatic carbocycles. The first kappa shape index (κ1) is 10.1. The summed E-state index contributed by atoms with van der Waals surface area (Å²) in [7, 11) is 0. The van der Waals surface area contributed by atoms with E-state index in [4.69, 9.17) is 4.74 Å². The van der Waals surface area contributed by atoms with Crippen LogP contribution in [-0.4, -0.2) is 36.1 Å². The van der Waals surface area contributed by atoms with Crippen molar-refractivity contribution < 1.29 is 9.53 Å². The van der Waals surface area contributed by atoms with Gasteiger partial charge in [-0.3, -0.25) is 4.79 Å². The number of ether oxygens (including phenoxy) is 1. The summed E-state index contributed by atoms with van der Waals surface area (Å²) in [6.45, 7) is 3.64. The van der Waals surface area contributed by atoms with Gasteiger partial charge in [-0.25, -0.2) is 0 Å². The third-order valence-corrected chi connectivity index (χ3v) is 3.89. The number of allylic oxidation sites excluding steroid dienone is 2. The van der Waals surface area contributed by atoms with E-state index in [-0.39, 0.29) is 17.9 Å². The van der Waals surface area contributed by atoms with Crippen LogP contribution in [0.5, 0.6) is 0 Å². The fourth-order valence-corrected chi connectivity index (χ4v) is 2.98. The Morgan fingerprint density at radius 2 is 2.38 bits per heavy atom. The normalized spacial score (nSPS) is 37.8. The number of fused-ring (bicyclic) bond motifs is 2. The van der Waals surface area contributed by atoms with Crippen LogP contribution in [0.25, 0.3) is 0 Å². The lowest BCUT2D eigenvalue weighted by Gasteiger charge is -2.27. The molecule has 0 N–H and O–H groups in total. The molecule has 86 valence electrons. The van der Waals surface area contributed by atoms with Crippen LogP contribution in [0, 0.1) is 5.92 Å². The second-order valence-electron chi connectivity index (χ2n) is 4.90. The van der Waals surface area contributed by atoms with Crippen molar-refractivity contribution in [3.63, 3.8) is 0 Å². The largest absolute Gasteiger partial charge is 0.371 e. The lowest BCUT2D eigenvalue weighted by atomic mass is 9.89. The molecule has 3 unspecified atom stereocenters. The number of hydrogen-bond acceptors (Lipinski definition) is 2. The zero-order valence-corrected chi connectivity index (χ0v) is 9.56. The Hall–Kier alpha value is -1.09. The zero-order chi connectivity index (χ0) is 11.1. The molecule has 3 heteroatoms. The zero-order valence-electron chi connectivity index (χ0n) is 9.56. The van der Waals surface area contributed by atoms with E-state index >= 15 is 0 Å². The van der Waals surface area contributed by atoms with Crippen molar-refractivity contribution in [3.05, 3.63) is 23.8 Å². The first-order chi connectivity index (χ1) is 7.77. The minimum Gasteiger partial charge on any atom is -0.371 e. The van der Waals surface area contributed by atoms with Crippen LogP contribution in [0.3, 0.4) is 0 Å². The van der Waals surface area contributed by atoms with Crippen molar-refractivity contribution >= 4 is 5.91 Å². The van der Waals surface area contributed by atoms with Gasteiger partial charge in [0.2, 0.25) is 5.91 Å². The van der Waals surface area contributed by atoms with Gasteiger partial charge in [0, 0.05) is 6.54 Å². The molecule has 1 amide bonds. The molecule has 0 aromatic carbocycles. The molecule has 2 aliphatic heterocycles. The van der Waals surface area contributed by atoms with Crippen molar-refractivity contribution in [2.24, 2.45) is 5.92 Å². The van der Waals surface area contributed by atoms with Crippen LogP contribution >= 0.6 is 0 Å². The van der Waals surface area contributed by atoms with Gasteiger partial charge in [-0.1, -0.05) is 23.8 Å². The van der Waals surface area contributed by atoms with Gasteiger partial charge in [0.15, 0.2) is 0 Å². The molecule has 2 heterocycles. The number of nitrogens with zero attached hydrogens (tertiary/aromatic N) is 1. The minimum absolute atomic E-state index is 0.0388. The third kappa shape index (κ3) is 1.42. The smallest absolute Gasteiger partial charge is 0.233 e. The lowest BCUT2D eigenvalue weighted by Crippen LogP contribution is -2.41. The number of carbonyl (C=O) groups excluding carboxylic acids is 1. The van der Waals surface area contributed by atoms with E-state index in [2.05, 4.69) is 0 Å². The maximum atomic E-state index is 12.4. The second-order valence-corrected chi connectivity index (χ2v) is 4.90. The SMILES string of the molecule is CC1=CC=CC2OCC3CCCN3C(=O)C12. The topological polar surface area (TPSA) is 29.5 Å². The van der Waals surface area contributed by atoms with Crippen molar-refractivity contribution in [2.45, 2.75) is 31.9 Å². The highest BCUT2D eigenvalue weighted by Crippen LogP contribution is 2.32. The average Bonchev–Trinajstić information content (AvgIpc) is 2.69. The highest BCUT2D eigenvalue weighted by Gasteiger charge is 2.41. The van der Waals surface area contributed by atoms with Crippen molar-refractivity contribution in [3.8, 4) is 0 Å². The van der Waals surface area contributed by atoms with Gasteiger partial charge in [0.1, 0.15) is 0 Å². The molecule has 0 saturated carbocycles. The summed E-state index contributed by atoms with van der Waals surface area (Å²) in [4.78, 5) is 14.5. The lowest BCUT2D eigenvalue weighted by molar-refractivity contribution is -0.134. The van der Waals surface area contributed by atoms with Gasteiger partial charge in [-0.15, -0.1) is 0 Å². The quantitative estimate of drug-likeness (QED) is 0.618. The van der Waals surface area contributed by atoms with E-state index in [1.165, 1.54) is 0 Å². The summed E-state index contributed by atoms with van der Waals surface area (Å²) in [5, 5.41) is 0. The molecule has 0 radical (unpaired) electrons. The van der Waals surface area contributed by atoms with Crippen molar-refractivity contribution in [1.29, 1.82) is 0 Å². The minimum atomic E-state index is -0.0758. The van der Waals surface area contributed by atoms with Gasteiger partial charge < -0.3 is 9.64 Å². The van der Waals surface area contributed by atoms with Gasteiger partial charge >= 0.3 is 0 Å². The molecule has 0 aromatic rings. The number of rotatable bonds is 0. The molecule has 0 bridgehead atoms. The van der Waals surface area contributed by atoms with Gasteiger partial charge in [0.25, 0.3) is 0 Å². The molecule has 16 heavy (non-hydrogen) atoms. The van der Waals surface area contributed by atoms with Crippen molar-refractivity contribution in [1.82, 2.24) is 4.90 Å². The Kier molecular flexibility index (Phi) is 2.36. The molecule has 0 spiro atoms. The fraction of sp³-hybridized carbons (Fsp3) is 0.615. The molecule has 3 nitrogen and oxygen atoms in total. The first-order valence-electron chi connectivity index (χ1n) is 6.04. The van der Waals surface area contributed by atoms with Gasteiger partial charge in [-0.05, 0) is 19.8 Å². The molecule has 3 rings (SSSR count). The summed E-state index contributed by atoms with van der Waals surface area (Å²) in [5.74, 6) is 0.191. The fourth-order valence-electron chi connectivity index (χ4n) is 2.98. The Bertz CT molecular complexity index is 372. The number of carbonyl (C=O) groups is 1. The summed E-state index contributed by atoms with van der Waals surface area (Å²) in [6.07, 6.45) is 8.22. The van der Waals surface area contributed by atoms with Crippen LogP contribution in [0.4, 0.5) is 0 Å². The molecule has 3 aliphatic rings. The maximum Gasteiger partial charge on any atom is 0.233 e. The van der Waals surface area contributed by atoms with Crippen LogP contribution in [0.15, 0.2) is 23.8 Å². The summed E-state index contributed by atoms with van der Waals surface area (Å²) in [6, 6.07) is 0.319. The monoisotopic (exact) mass is 219 g/mol. The molecular formula is C13H17NO2. The predicted molar refractivity (Wildman–Crippen MR) is 60.9 cm³/mol. The number of hydrogen-bond donors (Lipinski definition) is 0. The Labute approximate surface area is 95.8 Å². The van der Waals surface area contributed by atoms with E-state index < -0.39 is 0 Å². The summed E-state index contributed by atoms with van der Waals surface area (Å²) in [5.41, 5.74) is 1.13. The Morgan fingerprint density at radius 3 is 3.25 bits per heavy atom. The second kappa shape index (κ2) is 3.74. The highest BCUT2D eigenvalue weighted by atomic mass is 16.5. The van der Waals surface area contributed by atoms with E-state index in [9.17, 15) is 4.79 Å². The molecule has 2 saturated heterocycles. The van der Waals surface area contributed by atoms with Crippen LogP contribution < -0.4 is 0 Å². The molecular weight excluding hydrogens is 202 g/mol. The van der Waals surface area contributed by atoms with E-state index in [0.29, 0.717) is 12.6 Å². The van der Waals surface area contributed by atoms with Gasteiger partial charge in [-0.2, -0.15) is 0 Å². The Morgan fingerprint density at radius 1 is 1.50 bits per heavy atom. The van der Waals surface area contributed by atoms with Crippen LogP contribution in [-0.2, 0) is 9.53 Å². The molecule has 0 aromatic heterocycles. The summed E-state index contributed by atoms with van der Waals surface area (Å²) >= 11 is 0. The van der Waals surface area contributed by atoms with Crippen LogP contribution in [0.2, 0.25) is 0 Å². The maximum absolute atomic E-state index is 12.4. The first-order valence-corrected chi connectivity index (χ1v) is 6.04. The Balaban J connectivity index is 1.93. The van der Waals surface area contributed by atoms with E-state index in [0.717, 1.165) is 25.0 Å². The average molecular weight is 219 g/mol. The van der Waals surface area contributed by atoms with Crippen LogP contribution in [0.1, 0.15) is 19.8 Å². The summed E-state index contributed by atoms with van der Waals surface area (Å²) < 4.78 is 5.87. The standard InChI is InChI=1S/C13H17NO2/c1-9-4-2-6-11-12(9)13(15)14-7-3-5-10(14)8-16-11/h2,4,6,10-12H,3,5,7-8H2,1H3.